The van der Waals surface area contributed by atoms with Gasteiger partial charge in [0.15, 0.2) is 11.5 Å². The average molecular weight is 434 g/mol. The molecule has 0 radical (unpaired) electrons. The Bertz CT molecular complexity index is 1080. The number of rotatable bonds is 7. The SMILES string of the molecule is COc1c(COC=O)c(OS(=O)(=O)c2ccc(C)cc2)cc2c1C(=O)CC(C)(C)O2. The quantitative estimate of drug-likeness (QED) is 0.483. The molecule has 0 bridgehead atoms. The van der Waals surface area contributed by atoms with Crippen LogP contribution >= 0.6 is 0 Å². The van der Waals surface area contributed by atoms with Gasteiger partial charge in [0.25, 0.3) is 6.47 Å². The van der Waals surface area contributed by atoms with Gasteiger partial charge in [0.05, 0.1) is 19.1 Å². The van der Waals surface area contributed by atoms with E-state index in [9.17, 15) is 18.0 Å². The van der Waals surface area contributed by atoms with Crippen LogP contribution in [0.4, 0.5) is 0 Å². The van der Waals surface area contributed by atoms with Crippen LogP contribution in [-0.4, -0.2) is 33.4 Å². The van der Waals surface area contributed by atoms with Gasteiger partial charge in [-0.15, -0.1) is 0 Å². The van der Waals surface area contributed by atoms with Gasteiger partial charge in [-0.25, -0.2) is 0 Å². The highest BCUT2D eigenvalue weighted by Crippen LogP contribution is 2.45. The van der Waals surface area contributed by atoms with Crippen molar-refractivity contribution in [3.05, 3.63) is 47.0 Å². The zero-order valence-corrected chi connectivity index (χ0v) is 17.9. The molecule has 0 atom stereocenters. The van der Waals surface area contributed by atoms with E-state index in [1.807, 2.05) is 6.92 Å². The van der Waals surface area contributed by atoms with Crippen molar-refractivity contribution in [1.29, 1.82) is 0 Å². The third-order valence-electron chi connectivity index (χ3n) is 4.57. The molecular weight excluding hydrogens is 412 g/mol. The molecule has 8 nitrogen and oxygen atoms in total. The number of benzene rings is 2. The number of ketones is 1. The second kappa shape index (κ2) is 7.98. The maximum atomic E-state index is 12.8. The largest absolute Gasteiger partial charge is 0.495 e. The van der Waals surface area contributed by atoms with Gasteiger partial charge < -0.3 is 18.4 Å². The van der Waals surface area contributed by atoms with Gasteiger partial charge in [-0.1, -0.05) is 17.7 Å². The predicted molar refractivity (Wildman–Crippen MR) is 106 cm³/mol. The van der Waals surface area contributed by atoms with Gasteiger partial charge in [0.1, 0.15) is 34.2 Å². The van der Waals surface area contributed by atoms with Gasteiger partial charge in [-0.3, -0.25) is 9.59 Å². The zero-order valence-electron chi connectivity index (χ0n) is 17.1. The summed E-state index contributed by atoms with van der Waals surface area (Å²) in [4.78, 5) is 23.4. The maximum Gasteiger partial charge on any atom is 0.339 e. The highest BCUT2D eigenvalue weighted by molar-refractivity contribution is 7.87. The molecule has 2 aromatic rings. The first-order chi connectivity index (χ1) is 14.1. The number of carbonyl (C=O) groups excluding carboxylic acids is 2. The van der Waals surface area contributed by atoms with E-state index in [1.54, 1.807) is 26.0 Å². The van der Waals surface area contributed by atoms with Crippen molar-refractivity contribution in [1.82, 2.24) is 0 Å². The van der Waals surface area contributed by atoms with E-state index in [0.29, 0.717) is 0 Å². The molecule has 0 aromatic heterocycles. The van der Waals surface area contributed by atoms with Crippen LogP contribution in [0.15, 0.2) is 35.2 Å². The number of aryl methyl sites for hydroxylation is 1. The lowest BCUT2D eigenvalue weighted by molar-refractivity contribution is -0.129. The van der Waals surface area contributed by atoms with Gasteiger partial charge in [0, 0.05) is 6.07 Å². The van der Waals surface area contributed by atoms with Crippen LogP contribution in [0, 0.1) is 6.92 Å². The molecule has 0 fully saturated rings. The molecule has 1 aliphatic rings. The van der Waals surface area contributed by atoms with Crippen molar-refractivity contribution in [2.45, 2.75) is 44.3 Å². The molecule has 0 amide bonds. The molecule has 0 saturated carbocycles. The fourth-order valence-corrected chi connectivity index (χ4v) is 4.18. The number of hydrogen-bond donors (Lipinski definition) is 0. The maximum absolute atomic E-state index is 12.8. The molecule has 0 saturated heterocycles. The lowest BCUT2D eigenvalue weighted by atomic mass is 9.91. The Morgan fingerprint density at radius 3 is 2.47 bits per heavy atom. The van der Waals surface area contributed by atoms with Gasteiger partial charge in [-0.2, -0.15) is 8.42 Å². The molecule has 1 heterocycles. The second-order valence-corrected chi connectivity index (χ2v) is 9.03. The molecule has 2 aromatic carbocycles. The summed E-state index contributed by atoms with van der Waals surface area (Å²) in [6.45, 7) is 5.17. The first-order valence-electron chi connectivity index (χ1n) is 9.10. The lowest BCUT2D eigenvalue weighted by Crippen LogP contribution is -2.36. The molecule has 3 rings (SSSR count). The third-order valence-corrected chi connectivity index (χ3v) is 5.82. The molecule has 0 aliphatic carbocycles. The molecule has 1 aliphatic heterocycles. The molecule has 0 unspecified atom stereocenters. The minimum absolute atomic E-state index is 0.0453. The second-order valence-electron chi connectivity index (χ2n) is 7.48. The highest BCUT2D eigenvalue weighted by Gasteiger charge is 2.37. The van der Waals surface area contributed by atoms with Crippen LogP contribution in [0.1, 0.15) is 41.8 Å². The van der Waals surface area contributed by atoms with Crippen LogP contribution in [0.2, 0.25) is 0 Å². The number of carbonyl (C=O) groups is 2. The molecule has 30 heavy (non-hydrogen) atoms. The van der Waals surface area contributed by atoms with Gasteiger partial charge >= 0.3 is 10.1 Å². The van der Waals surface area contributed by atoms with E-state index in [-0.39, 0.29) is 58.6 Å². The Labute approximate surface area is 174 Å². The fourth-order valence-electron chi connectivity index (χ4n) is 3.23. The molecule has 0 N–H and O–H groups in total. The summed E-state index contributed by atoms with van der Waals surface area (Å²) in [5, 5.41) is 0. The first kappa shape index (κ1) is 21.6. The fraction of sp³-hybridized carbons (Fsp3) is 0.333. The van der Waals surface area contributed by atoms with Crippen LogP contribution in [0.5, 0.6) is 17.2 Å². The number of hydrogen-bond acceptors (Lipinski definition) is 8. The van der Waals surface area contributed by atoms with E-state index >= 15 is 0 Å². The van der Waals surface area contributed by atoms with E-state index in [0.717, 1.165) is 5.56 Å². The molecule has 0 spiro atoms. The summed E-state index contributed by atoms with van der Waals surface area (Å²) >= 11 is 0. The monoisotopic (exact) mass is 434 g/mol. The van der Waals surface area contributed by atoms with Crippen LogP contribution in [-0.2, 0) is 26.3 Å². The normalized spacial score (nSPS) is 15.0. The number of ether oxygens (including phenoxy) is 3. The Morgan fingerprint density at radius 2 is 1.87 bits per heavy atom. The van der Waals surface area contributed by atoms with Crippen molar-refractivity contribution < 1.29 is 36.4 Å². The molecule has 160 valence electrons. The summed E-state index contributed by atoms with van der Waals surface area (Å²) < 4.78 is 47.1. The third kappa shape index (κ3) is 4.25. The number of fused-ring (bicyclic) bond motifs is 1. The first-order valence-corrected chi connectivity index (χ1v) is 10.5. The Balaban J connectivity index is 2.16. The van der Waals surface area contributed by atoms with Crippen molar-refractivity contribution in [2.24, 2.45) is 0 Å². The summed E-state index contributed by atoms with van der Waals surface area (Å²) in [6.07, 6.45) is 0.103. The van der Waals surface area contributed by atoms with E-state index in [1.165, 1.54) is 25.3 Å². The minimum Gasteiger partial charge on any atom is -0.495 e. The highest BCUT2D eigenvalue weighted by atomic mass is 32.2. The van der Waals surface area contributed by atoms with Crippen molar-refractivity contribution in [3.63, 3.8) is 0 Å². The minimum atomic E-state index is -4.21. The van der Waals surface area contributed by atoms with E-state index < -0.39 is 15.7 Å². The summed E-state index contributed by atoms with van der Waals surface area (Å²) in [5.74, 6) is -0.210. The standard InChI is InChI=1S/C21H22O8S/c1-13-5-7-14(8-6-13)30(24,25)29-17-9-18-19(16(23)10-21(2,3)28-18)20(26-4)15(17)11-27-12-22/h5-9,12H,10-11H2,1-4H3. The smallest absolute Gasteiger partial charge is 0.339 e. The van der Waals surface area contributed by atoms with Gasteiger partial charge in [-0.05, 0) is 32.9 Å². The van der Waals surface area contributed by atoms with Crippen molar-refractivity contribution in [2.75, 3.05) is 7.11 Å². The van der Waals surface area contributed by atoms with Gasteiger partial charge in [0.2, 0.25) is 0 Å². The number of methoxy groups -OCH3 is 1. The van der Waals surface area contributed by atoms with Crippen LogP contribution in [0.25, 0.3) is 0 Å². The van der Waals surface area contributed by atoms with E-state index in [2.05, 4.69) is 0 Å². The average Bonchev–Trinajstić information content (AvgIpc) is 2.65. The van der Waals surface area contributed by atoms with Crippen molar-refractivity contribution in [3.8, 4) is 17.2 Å². The van der Waals surface area contributed by atoms with Crippen LogP contribution in [0.3, 0.4) is 0 Å². The summed E-state index contributed by atoms with van der Waals surface area (Å²) in [7, 11) is -2.89. The predicted octanol–water partition coefficient (Wildman–Crippen LogP) is 3.19. The van der Waals surface area contributed by atoms with E-state index in [4.69, 9.17) is 18.4 Å². The lowest BCUT2D eigenvalue weighted by Gasteiger charge is -2.33. The Hall–Kier alpha value is -3.07. The Morgan fingerprint density at radius 1 is 1.20 bits per heavy atom. The number of Topliss-reactive ketones (excluding diaryl/α,β-unsaturated/α-hetero) is 1. The summed E-state index contributed by atoms with van der Waals surface area (Å²) in [5.41, 5.74) is 0.360. The topological polar surface area (TPSA) is 105 Å². The Kier molecular flexibility index (Phi) is 5.76. The zero-order chi connectivity index (χ0) is 22.1. The molecular formula is C21H22O8S. The molecule has 9 heteroatoms. The summed E-state index contributed by atoms with van der Waals surface area (Å²) in [6, 6.07) is 7.44. The van der Waals surface area contributed by atoms with Crippen molar-refractivity contribution >= 4 is 22.4 Å². The van der Waals surface area contributed by atoms with Crippen LogP contribution < -0.4 is 13.7 Å².